The van der Waals surface area contributed by atoms with Gasteiger partial charge in [0.15, 0.2) is 0 Å². The number of hydrogen-bond donors (Lipinski definition) is 1. The van der Waals surface area contributed by atoms with Crippen molar-refractivity contribution in [2.45, 2.75) is 19.0 Å². The van der Waals surface area contributed by atoms with E-state index in [1.807, 2.05) is 0 Å². The fraction of sp³-hybridized carbons (Fsp3) is 0.429. The van der Waals surface area contributed by atoms with Crippen LogP contribution in [0.2, 0.25) is 5.02 Å². The molecule has 0 aliphatic rings. The standard InChI is InChI=1S/C21H25ClF3N3O8S/c1-27(13-18(34-3)36-19-17(22)10-15(11-26-19)21(23,24)25)37(31,32)28(20(29)30)12-14-4-6-16(7-5-14)35-9-8-33-2/h4-7,10-11,18H,8-9,12-13H2,1-3H3,(H,29,30). The van der Waals surface area contributed by atoms with E-state index in [1.54, 1.807) is 12.1 Å². The van der Waals surface area contributed by atoms with Crippen LogP contribution in [0.5, 0.6) is 11.6 Å². The summed E-state index contributed by atoms with van der Waals surface area (Å²) in [6, 6.07) is 6.71. The zero-order valence-electron chi connectivity index (χ0n) is 19.9. The van der Waals surface area contributed by atoms with Gasteiger partial charge in [0.25, 0.3) is 0 Å². The molecular weight excluding hydrogens is 547 g/mol. The molecule has 1 unspecified atom stereocenters. The van der Waals surface area contributed by atoms with Gasteiger partial charge in [-0.05, 0) is 23.8 Å². The predicted octanol–water partition coefficient (Wildman–Crippen LogP) is 3.49. The molecule has 0 fully saturated rings. The number of alkyl halides is 3. The molecule has 1 aromatic carbocycles. The number of aromatic nitrogens is 1. The lowest BCUT2D eigenvalue weighted by Crippen LogP contribution is -2.47. The molecule has 0 aliphatic heterocycles. The highest BCUT2D eigenvalue weighted by Crippen LogP contribution is 2.33. The van der Waals surface area contributed by atoms with Crippen LogP contribution in [0.1, 0.15) is 11.1 Å². The molecule has 0 bridgehead atoms. The molecule has 206 valence electrons. The summed E-state index contributed by atoms with van der Waals surface area (Å²) >= 11 is 5.82. The molecule has 0 radical (unpaired) electrons. The van der Waals surface area contributed by atoms with Crippen molar-refractivity contribution < 1.29 is 50.4 Å². The van der Waals surface area contributed by atoms with Gasteiger partial charge in [-0.25, -0.2) is 9.78 Å². The predicted molar refractivity (Wildman–Crippen MR) is 125 cm³/mol. The van der Waals surface area contributed by atoms with E-state index >= 15 is 0 Å². The number of methoxy groups -OCH3 is 2. The molecule has 1 atom stereocenters. The normalized spacial score (nSPS) is 12.9. The highest BCUT2D eigenvalue weighted by Gasteiger charge is 2.34. The fourth-order valence-electron chi connectivity index (χ4n) is 2.77. The van der Waals surface area contributed by atoms with E-state index in [0.717, 1.165) is 14.2 Å². The maximum absolute atomic E-state index is 13.0. The molecular formula is C21H25ClF3N3O8S. The Morgan fingerprint density at radius 1 is 1.19 bits per heavy atom. The lowest BCUT2D eigenvalue weighted by molar-refractivity contribution is -0.137. The summed E-state index contributed by atoms with van der Waals surface area (Å²) in [6.07, 6.45) is -7.31. The van der Waals surface area contributed by atoms with Crippen molar-refractivity contribution in [2.24, 2.45) is 0 Å². The summed E-state index contributed by atoms with van der Waals surface area (Å²) in [5.74, 6) is 0.0495. The summed E-state index contributed by atoms with van der Waals surface area (Å²) in [5, 5.41) is 9.09. The first-order valence-corrected chi connectivity index (χ1v) is 12.2. The molecule has 1 heterocycles. The number of rotatable bonds is 13. The van der Waals surface area contributed by atoms with Crippen LogP contribution < -0.4 is 9.47 Å². The van der Waals surface area contributed by atoms with Gasteiger partial charge in [-0.3, -0.25) is 0 Å². The average Bonchev–Trinajstić information content (AvgIpc) is 2.83. The molecule has 11 nitrogen and oxygen atoms in total. The molecule has 0 saturated heterocycles. The van der Waals surface area contributed by atoms with E-state index in [1.165, 1.54) is 19.2 Å². The van der Waals surface area contributed by atoms with E-state index in [4.69, 9.17) is 30.5 Å². The average molecular weight is 572 g/mol. The second-order valence-electron chi connectivity index (χ2n) is 7.35. The molecule has 0 aliphatic carbocycles. The number of hydrogen-bond acceptors (Lipinski definition) is 8. The quantitative estimate of drug-likeness (QED) is 0.284. The van der Waals surface area contributed by atoms with Crippen LogP contribution in [0.15, 0.2) is 36.5 Å². The number of benzene rings is 1. The first-order valence-electron chi connectivity index (χ1n) is 10.4. The molecule has 37 heavy (non-hydrogen) atoms. The van der Waals surface area contributed by atoms with E-state index in [0.29, 0.717) is 41.1 Å². The van der Waals surface area contributed by atoms with Gasteiger partial charge in [-0.15, -0.1) is 0 Å². The number of likely N-dealkylation sites (N-methyl/N-ethyl adjacent to an activating group) is 1. The van der Waals surface area contributed by atoms with Crippen LogP contribution in [0.25, 0.3) is 0 Å². The SMILES string of the molecule is COCCOc1ccc(CN(C(=O)O)S(=O)(=O)N(C)CC(OC)Oc2ncc(C(F)(F)F)cc2Cl)cc1. The second-order valence-corrected chi connectivity index (χ2v) is 9.72. The van der Waals surface area contributed by atoms with Gasteiger partial charge in [0.1, 0.15) is 17.4 Å². The van der Waals surface area contributed by atoms with Gasteiger partial charge in [-0.1, -0.05) is 23.7 Å². The maximum atomic E-state index is 13.0. The Bertz CT molecular complexity index is 1150. The van der Waals surface area contributed by atoms with E-state index in [9.17, 15) is 31.5 Å². The number of carboxylic acid groups (broad SMARTS) is 1. The Labute approximate surface area is 216 Å². The van der Waals surface area contributed by atoms with Gasteiger partial charge in [-0.2, -0.15) is 30.2 Å². The maximum Gasteiger partial charge on any atom is 0.422 e. The smallest absolute Gasteiger partial charge is 0.422 e. The van der Waals surface area contributed by atoms with Gasteiger partial charge in [0.2, 0.25) is 12.2 Å². The van der Waals surface area contributed by atoms with Crippen LogP contribution in [0, 0.1) is 0 Å². The van der Waals surface area contributed by atoms with Gasteiger partial charge >= 0.3 is 22.5 Å². The van der Waals surface area contributed by atoms with Crippen LogP contribution in [-0.2, 0) is 32.4 Å². The molecule has 0 saturated carbocycles. The van der Waals surface area contributed by atoms with Crippen molar-refractivity contribution in [2.75, 3.05) is 41.0 Å². The third-order valence-corrected chi connectivity index (χ3v) is 6.79. The monoisotopic (exact) mass is 571 g/mol. The van der Waals surface area contributed by atoms with Crippen molar-refractivity contribution in [1.29, 1.82) is 0 Å². The number of halogens is 4. The molecule has 0 spiro atoms. The Hall–Kier alpha value is -2.85. The highest BCUT2D eigenvalue weighted by molar-refractivity contribution is 7.87. The fourth-order valence-corrected chi connectivity index (χ4v) is 4.14. The van der Waals surface area contributed by atoms with Crippen LogP contribution in [0.4, 0.5) is 18.0 Å². The number of pyridine rings is 1. The molecule has 2 aromatic rings. The Kier molecular flexibility index (Phi) is 10.8. The highest BCUT2D eigenvalue weighted by atomic mass is 35.5. The Morgan fingerprint density at radius 3 is 2.35 bits per heavy atom. The second kappa shape index (κ2) is 13.1. The van der Waals surface area contributed by atoms with Crippen LogP contribution in [0.3, 0.4) is 0 Å². The molecule has 16 heteroatoms. The lowest BCUT2D eigenvalue weighted by atomic mass is 10.2. The van der Waals surface area contributed by atoms with Gasteiger partial charge < -0.3 is 24.1 Å². The van der Waals surface area contributed by atoms with E-state index in [2.05, 4.69) is 4.98 Å². The lowest BCUT2D eigenvalue weighted by Gasteiger charge is -2.28. The molecule has 1 N–H and O–H groups in total. The largest absolute Gasteiger partial charge is 0.491 e. The third kappa shape index (κ3) is 8.60. The van der Waals surface area contributed by atoms with Crippen molar-refractivity contribution in [3.05, 3.63) is 52.7 Å². The zero-order valence-corrected chi connectivity index (χ0v) is 21.5. The van der Waals surface area contributed by atoms with Crippen molar-refractivity contribution in [3.8, 4) is 11.6 Å². The molecule has 1 aromatic heterocycles. The summed E-state index contributed by atoms with van der Waals surface area (Å²) in [5.41, 5.74) is -0.746. The number of nitrogens with zero attached hydrogens (tertiary/aromatic N) is 3. The van der Waals surface area contributed by atoms with E-state index in [-0.39, 0.29) is 4.31 Å². The summed E-state index contributed by atoms with van der Waals surface area (Å²) in [4.78, 5) is 15.3. The number of ether oxygens (including phenoxy) is 4. The minimum absolute atomic E-state index is 0.212. The summed E-state index contributed by atoms with van der Waals surface area (Å²) < 4.78 is 85.9. The van der Waals surface area contributed by atoms with Crippen molar-refractivity contribution >= 4 is 27.9 Å². The third-order valence-electron chi connectivity index (χ3n) is 4.74. The first-order chi connectivity index (χ1) is 17.3. The summed E-state index contributed by atoms with van der Waals surface area (Å²) in [7, 11) is -0.857. The Morgan fingerprint density at radius 2 is 1.84 bits per heavy atom. The molecule has 1 amide bonds. The van der Waals surface area contributed by atoms with E-state index < -0.39 is 58.3 Å². The van der Waals surface area contributed by atoms with Crippen molar-refractivity contribution in [3.63, 3.8) is 0 Å². The van der Waals surface area contributed by atoms with Crippen LogP contribution >= 0.6 is 11.6 Å². The van der Waals surface area contributed by atoms with Gasteiger partial charge in [0.05, 0.1) is 25.3 Å². The zero-order chi connectivity index (χ0) is 27.8. The first kappa shape index (κ1) is 30.4. The number of amides is 1. The minimum atomic E-state index is -4.68. The molecule has 2 rings (SSSR count). The number of carbonyl (C=O) groups is 1. The summed E-state index contributed by atoms with van der Waals surface area (Å²) in [6.45, 7) is -0.391. The van der Waals surface area contributed by atoms with Crippen LogP contribution in [-0.4, -0.2) is 80.5 Å². The van der Waals surface area contributed by atoms with Crippen molar-refractivity contribution in [1.82, 2.24) is 13.6 Å². The van der Waals surface area contributed by atoms with Gasteiger partial charge in [0, 0.05) is 27.5 Å². The topological polar surface area (TPSA) is 128 Å². The Balaban J connectivity index is 2.12. The minimum Gasteiger partial charge on any atom is -0.491 e.